The van der Waals surface area contributed by atoms with E-state index in [9.17, 15) is 0 Å². The summed E-state index contributed by atoms with van der Waals surface area (Å²) in [6.45, 7) is 2.37. The largest absolute Gasteiger partial charge is 0.446 e. The first-order valence-electron chi connectivity index (χ1n) is 4.49. The van der Waals surface area contributed by atoms with Crippen molar-refractivity contribution in [2.45, 2.75) is 6.92 Å². The molecule has 0 aliphatic rings. The highest BCUT2D eigenvalue weighted by Gasteiger charge is 1.62. The van der Waals surface area contributed by atoms with Crippen LogP contribution in [0.5, 0.6) is 0 Å². The molecule has 0 aromatic carbocycles. The van der Waals surface area contributed by atoms with Crippen LogP contribution >= 0.6 is 0 Å². The van der Waals surface area contributed by atoms with Crippen LogP contribution in [-0.2, 0) is 4.74 Å². The lowest BCUT2D eigenvalue weighted by Crippen LogP contribution is -1.75. The molecule has 0 aliphatic carbocycles. The van der Waals surface area contributed by atoms with Crippen LogP contribution < -0.4 is 0 Å². The fourth-order valence-electron chi connectivity index (χ4n) is 0.451. The monoisotopic (exact) mass is 214 g/mol. The van der Waals surface area contributed by atoms with Gasteiger partial charge in [-0.1, -0.05) is 0 Å². The van der Waals surface area contributed by atoms with E-state index >= 15 is 0 Å². The second kappa shape index (κ2) is 12.7. The molecular formula is C16H6O. The molecule has 0 saturated carbocycles. The number of hydrogen-bond acceptors (Lipinski definition) is 1. The van der Waals surface area contributed by atoms with Crippen LogP contribution in [0.1, 0.15) is 6.92 Å². The minimum absolute atomic E-state index is 0.535. The van der Waals surface area contributed by atoms with Crippen molar-refractivity contribution in [2.75, 3.05) is 6.61 Å². The molecule has 0 heterocycles. The number of ether oxygens (including phenoxy) is 1. The quantitative estimate of drug-likeness (QED) is 0.582. The predicted molar refractivity (Wildman–Crippen MR) is 67.1 cm³/mol. The van der Waals surface area contributed by atoms with Gasteiger partial charge in [0.1, 0.15) is 6.11 Å². The minimum Gasteiger partial charge on any atom is -0.446 e. The Balaban J connectivity index is 4.15. The van der Waals surface area contributed by atoms with Crippen LogP contribution in [0.15, 0.2) is 0 Å². The van der Waals surface area contributed by atoms with Crippen LogP contribution in [0.3, 0.4) is 0 Å². The molecule has 0 spiro atoms. The molecular weight excluding hydrogens is 208 g/mol. The first-order chi connectivity index (χ1) is 8.41. The van der Waals surface area contributed by atoms with Gasteiger partial charge in [-0.25, -0.2) is 0 Å². The summed E-state index contributed by atoms with van der Waals surface area (Å²) in [5.41, 5.74) is 0. The lowest BCUT2D eigenvalue weighted by atomic mass is 10.5. The SMILES string of the molecule is C#CC#CC#CC#CC#CC#CC#COCC. The zero-order valence-corrected chi connectivity index (χ0v) is 9.19. The van der Waals surface area contributed by atoms with Crippen molar-refractivity contribution in [3.8, 4) is 83.6 Å². The summed E-state index contributed by atoms with van der Waals surface area (Å²) in [6, 6.07) is 0. The lowest BCUT2D eigenvalue weighted by Gasteiger charge is -1.80. The van der Waals surface area contributed by atoms with Crippen molar-refractivity contribution in [2.24, 2.45) is 0 Å². The highest BCUT2D eigenvalue weighted by Crippen LogP contribution is 1.63. The Hall–Kier alpha value is -3.28. The van der Waals surface area contributed by atoms with Crippen molar-refractivity contribution >= 4 is 0 Å². The average Bonchev–Trinajstić information content (AvgIpc) is 2.35. The molecule has 0 bridgehead atoms. The summed E-state index contributed by atoms with van der Waals surface area (Å²) in [6.07, 6.45) is 7.27. The van der Waals surface area contributed by atoms with Crippen molar-refractivity contribution in [1.29, 1.82) is 0 Å². The van der Waals surface area contributed by atoms with Gasteiger partial charge in [-0.15, -0.1) is 6.42 Å². The van der Waals surface area contributed by atoms with Gasteiger partial charge in [-0.3, -0.25) is 0 Å². The van der Waals surface area contributed by atoms with E-state index in [-0.39, 0.29) is 0 Å². The fraction of sp³-hybridized carbons (Fsp3) is 0.125. The Morgan fingerprint density at radius 1 is 0.706 bits per heavy atom. The van der Waals surface area contributed by atoms with Gasteiger partial charge in [0.05, 0.1) is 6.61 Å². The molecule has 0 unspecified atom stereocenters. The van der Waals surface area contributed by atoms with Gasteiger partial charge >= 0.3 is 0 Å². The third-order valence-corrected chi connectivity index (χ3v) is 0.965. The standard InChI is InChI=1S/C16H6O/c1-3-5-6-7-8-9-10-11-12-13-14-15-16-17-4-2/h1H,4H2,2H3. The summed E-state index contributed by atoms with van der Waals surface area (Å²) < 4.78 is 4.74. The molecule has 1 heteroatoms. The van der Waals surface area contributed by atoms with Gasteiger partial charge in [0.15, 0.2) is 0 Å². The molecule has 0 aliphatic heterocycles. The Morgan fingerprint density at radius 2 is 1.12 bits per heavy atom. The Morgan fingerprint density at radius 3 is 1.53 bits per heavy atom. The lowest BCUT2D eigenvalue weighted by molar-refractivity contribution is 0.299. The molecule has 17 heavy (non-hydrogen) atoms. The van der Waals surface area contributed by atoms with Gasteiger partial charge < -0.3 is 4.74 Å². The molecule has 0 rings (SSSR count). The second-order valence-electron chi connectivity index (χ2n) is 2.05. The predicted octanol–water partition coefficient (Wildman–Crippen LogP) is 0.634. The maximum atomic E-state index is 4.88. The molecule has 0 aromatic heterocycles. The summed E-state index contributed by atoms with van der Waals surface area (Å²) in [5.74, 6) is 29.1. The highest BCUT2D eigenvalue weighted by atomic mass is 16.5. The van der Waals surface area contributed by atoms with Crippen molar-refractivity contribution in [3.63, 3.8) is 0 Å². The van der Waals surface area contributed by atoms with Crippen LogP contribution in [0.4, 0.5) is 0 Å². The molecule has 0 N–H and O–H groups in total. The molecule has 0 aromatic rings. The van der Waals surface area contributed by atoms with E-state index in [1.165, 1.54) is 0 Å². The highest BCUT2D eigenvalue weighted by molar-refractivity contribution is 5.44. The number of hydrogen-bond donors (Lipinski definition) is 0. The van der Waals surface area contributed by atoms with E-state index in [1.807, 2.05) is 6.92 Å². The first kappa shape index (κ1) is 13.7. The van der Waals surface area contributed by atoms with Crippen molar-refractivity contribution in [1.82, 2.24) is 0 Å². The molecule has 0 fully saturated rings. The molecule has 0 atom stereocenters. The van der Waals surface area contributed by atoms with Gasteiger partial charge in [0.25, 0.3) is 0 Å². The normalized spacial score (nSPS) is 4.47. The molecule has 0 amide bonds. The van der Waals surface area contributed by atoms with E-state index in [1.54, 1.807) is 0 Å². The average molecular weight is 214 g/mol. The third kappa shape index (κ3) is 12.7. The summed E-state index contributed by atoms with van der Waals surface area (Å²) in [4.78, 5) is 0. The maximum absolute atomic E-state index is 4.88. The third-order valence-electron chi connectivity index (χ3n) is 0.965. The van der Waals surface area contributed by atoms with Gasteiger partial charge in [-0.05, 0) is 42.4 Å². The first-order valence-corrected chi connectivity index (χ1v) is 4.49. The summed E-state index contributed by atoms with van der Waals surface area (Å²) in [5, 5.41) is 0. The van der Waals surface area contributed by atoms with E-state index in [0.29, 0.717) is 6.61 Å². The second-order valence-corrected chi connectivity index (χ2v) is 2.05. The smallest absolute Gasteiger partial charge is 0.124 e. The number of rotatable bonds is 1. The molecule has 76 valence electrons. The molecule has 1 nitrogen and oxygen atoms in total. The minimum atomic E-state index is 0.535. The van der Waals surface area contributed by atoms with Crippen LogP contribution in [-0.4, -0.2) is 6.61 Å². The van der Waals surface area contributed by atoms with Gasteiger partial charge in [-0.2, -0.15) is 0 Å². The zero-order valence-electron chi connectivity index (χ0n) is 9.19. The van der Waals surface area contributed by atoms with Crippen LogP contribution in [0.25, 0.3) is 0 Å². The van der Waals surface area contributed by atoms with Crippen molar-refractivity contribution in [3.05, 3.63) is 0 Å². The van der Waals surface area contributed by atoms with E-state index in [4.69, 9.17) is 11.2 Å². The van der Waals surface area contributed by atoms with E-state index in [0.717, 1.165) is 0 Å². The maximum Gasteiger partial charge on any atom is 0.124 e. The Kier molecular flexibility index (Phi) is 10.3. The van der Waals surface area contributed by atoms with Gasteiger partial charge in [0, 0.05) is 35.5 Å². The fourth-order valence-corrected chi connectivity index (χ4v) is 0.451. The molecule has 0 saturated heterocycles. The van der Waals surface area contributed by atoms with Crippen LogP contribution in [0, 0.1) is 83.6 Å². The zero-order chi connectivity index (χ0) is 12.6. The van der Waals surface area contributed by atoms with Crippen LogP contribution in [0.2, 0.25) is 0 Å². The molecule has 0 radical (unpaired) electrons. The van der Waals surface area contributed by atoms with E-state index in [2.05, 4.69) is 77.2 Å². The van der Waals surface area contributed by atoms with Gasteiger partial charge in [0.2, 0.25) is 0 Å². The number of terminal acetylenes is 1. The topological polar surface area (TPSA) is 9.23 Å². The Labute approximate surface area is 102 Å². The summed E-state index contributed by atoms with van der Waals surface area (Å²) >= 11 is 0. The summed E-state index contributed by atoms with van der Waals surface area (Å²) in [7, 11) is 0. The Bertz CT molecular complexity index is 649. The van der Waals surface area contributed by atoms with E-state index < -0.39 is 0 Å². The van der Waals surface area contributed by atoms with Crippen molar-refractivity contribution < 1.29 is 4.74 Å².